The zero-order chi connectivity index (χ0) is 20.7. The van der Waals surface area contributed by atoms with Crippen LogP contribution in [0.4, 0.5) is 23.5 Å². The van der Waals surface area contributed by atoms with Crippen LogP contribution in [0.25, 0.3) is 11.3 Å². The van der Waals surface area contributed by atoms with E-state index in [0.29, 0.717) is 28.0 Å². The largest absolute Gasteiger partial charge is 0.373 e. The molecule has 0 aliphatic carbocycles. The van der Waals surface area contributed by atoms with Crippen LogP contribution in [0.1, 0.15) is 11.1 Å². The highest BCUT2D eigenvalue weighted by molar-refractivity contribution is 6.29. The summed E-state index contributed by atoms with van der Waals surface area (Å²) in [7, 11) is 3.50. The Morgan fingerprint density at radius 3 is 2.14 bits per heavy atom. The molecule has 2 heterocycles. The van der Waals surface area contributed by atoms with Crippen molar-refractivity contribution in [1.82, 2.24) is 19.9 Å². The summed E-state index contributed by atoms with van der Waals surface area (Å²) in [6, 6.07) is 11.1. The van der Waals surface area contributed by atoms with Crippen LogP contribution in [-0.2, 0) is 0 Å². The van der Waals surface area contributed by atoms with Crippen LogP contribution in [0.3, 0.4) is 0 Å². The number of aromatic nitrogens is 4. The van der Waals surface area contributed by atoms with E-state index in [1.54, 1.807) is 32.3 Å². The first-order chi connectivity index (χ1) is 13.4. The second kappa shape index (κ2) is 9.34. The van der Waals surface area contributed by atoms with Gasteiger partial charge in [0.15, 0.2) is 0 Å². The Bertz CT molecular complexity index is 994. The summed E-state index contributed by atoms with van der Waals surface area (Å²) < 4.78 is 0. The average molecular weight is 398 g/mol. The van der Waals surface area contributed by atoms with Gasteiger partial charge in [-0.15, -0.1) is 0 Å². The summed E-state index contributed by atoms with van der Waals surface area (Å²) >= 11 is 5.56. The lowest BCUT2D eigenvalue weighted by Crippen LogP contribution is -2.02. The van der Waals surface area contributed by atoms with E-state index in [2.05, 4.69) is 36.6 Å². The maximum absolute atomic E-state index is 9.03. The first-order valence-electron chi connectivity index (χ1n) is 8.18. The molecule has 3 aromatic rings. The summed E-state index contributed by atoms with van der Waals surface area (Å²) in [6.45, 7) is 1.89. The summed E-state index contributed by atoms with van der Waals surface area (Å²) in [5.74, 6) is 1.66. The van der Waals surface area contributed by atoms with Gasteiger partial charge >= 0.3 is 0 Å². The van der Waals surface area contributed by atoms with Gasteiger partial charge in [-0.25, -0.2) is 9.97 Å². The SMILES string of the molecule is CNc1cc(-c2cccc(C#N)c2C)nc(N)n1.CNc1cc(Cl)nc(N)n1. The number of nitrogens with one attached hydrogen (secondary N) is 2. The molecule has 0 amide bonds. The van der Waals surface area contributed by atoms with Crippen LogP contribution in [0.5, 0.6) is 0 Å². The maximum Gasteiger partial charge on any atom is 0.223 e. The van der Waals surface area contributed by atoms with Gasteiger partial charge in [0, 0.05) is 31.8 Å². The Hall–Kier alpha value is -3.64. The molecule has 0 bridgehead atoms. The third-order valence-corrected chi connectivity index (χ3v) is 3.89. The van der Waals surface area contributed by atoms with E-state index in [9.17, 15) is 0 Å². The molecule has 144 valence electrons. The van der Waals surface area contributed by atoms with Gasteiger partial charge in [0.1, 0.15) is 16.8 Å². The standard InChI is InChI=1S/C13H13N5.C5H7ClN4/c1-8-9(7-14)4-3-5-10(8)11-6-12(16-2)18-13(15)17-11;1-8-4-2-3(6)9-5(7)10-4/h3-6H,1-2H3,(H3,15,16,17,18);2H,1H3,(H3,7,8,9,10). The van der Waals surface area contributed by atoms with Crippen molar-refractivity contribution in [2.75, 3.05) is 36.2 Å². The van der Waals surface area contributed by atoms with E-state index < -0.39 is 0 Å². The fourth-order valence-corrected chi connectivity index (χ4v) is 2.52. The molecule has 1 aromatic carbocycles. The normalized spacial score (nSPS) is 9.68. The Morgan fingerprint density at radius 2 is 1.57 bits per heavy atom. The Balaban J connectivity index is 0.000000237. The minimum atomic E-state index is 0.178. The molecule has 0 saturated heterocycles. The first-order valence-corrected chi connectivity index (χ1v) is 8.56. The minimum Gasteiger partial charge on any atom is -0.373 e. The molecule has 6 N–H and O–H groups in total. The van der Waals surface area contributed by atoms with Crippen molar-refractivity contribution in [2.45, 2.75) is 6.92 Å². The number of hydrogen-bond acceptors (Lipinski definition) is 9. The van der Waals surface area contributed by atoms with Gasteiger partial charge in [0.2, 0.25) is 11.9 Å². The Morgan fingerprint density at radius 1 is 0.964 bits per heavy atom. The number of hydrogen-bond donors (Lipinski definition) is 4. The topological polar surface area (TPSA) is 151 Å². The third-order valence-electron chi connectivity index (χ3n) is 3.70. The molecule has 0 fully saturated rings. The zero-order valence-corrected chi connectivity index (χ0v) is 16.4. The van der Waals surface area contributed by atoms with Crippen LogP contribution >= 0.6 is 11.6 Å². The molecular formula is C18H20ClN9. The van der Waals surface area contributed by atoms with Gasteiger partial charge in [-0.2, -0.15) is 15.2 Å². The highest BCUT2D eigenvalue weighted by atomic mass is 35.5. The van der Waals surface area contributed by atoms with Crippen LogP contribution < -0.4 is 22.1 Å². The predicted molar refractivity (Wildman–Crippen MR) is 112 cm³/mol. The fourth-order valence-electron chi connectivity index (χ4n) is 2.33. The van der Waals surface area contributed by atoms with Crippen LogP contribution in [0.15, 0.2) is 30.3 Å². The number of rotatable bonds is 3. The van der Waals surface area contributed by atoms with E-state index in [0.717, 1.165) is 11.1 Å². The molecule has 28 heavy (non-hydrogen) atoms. The van der Waals surface area contributed by atoms with Crippen molar-refractivity contribution in [3.63, 3.8) is 0 Å². The average Bonchev–Trinajstić information content (AvgIpc) is 2.67. The third kappa shape index (κ3) is 5.18. The van der Waals surface area contributed by atoms with Crippen LogP contribution in [0.2, 0.25) is 5.15 Å². The Kier molecular flexibility index (Phi) is 6.90. The molecule has 9 nitrogen and oxygen atoms in total. The number of halogens is 1. The number of nitrogens with two attached hydrogens (primary N) is 2. The molecule has 0 saturated carbocycles. The molecule has 2 aromatic heterocycles. The number of nitrogens with zero attached hydrogens (tertiary/aromatic N) is 5. The summed E-state index contributed by atoms with van der Waals surface area (Å²) in [5.41, 5.74) is 14.1. The summed E-state index contributed by atoms with van der Waals surface area (Å²) in [6.07, 6.45) is 0. The maximum atomic E-state index is 9.03. The molecule has 0 unspecified atom stereocenters. The quantitative estimate of drug-likeness (QED) is 0.488. The van der Waals surface area contributed by atoms with Crippen molar-refractivity contribution < 1.29 is 0 Å². The number of benzene rings is 1. The number of nitriles is 1. The molecule has 3 rings (SSSR count). The highest BCUT2D eigenvalue weighted by Crippen LogP contribution is 2.25. The lowest BCUT2D eigenvalue weighted by atomic mass is 10.0. The fraction of sp³-hybridized carbons (Fsp3) is 0.167. The van der Waals surface area contributed by atoms with Crippen molar-refractivity contribution in [2.24, 2.45) is 0 Å². The van der Waals surface area contributed by atoms with Gasteiger partial charge in [0.25, 0.3) is 0 Å². The molecule has 10 heteroatoms. The number of anilines is 4. The zero-order valence-electron chi connectivity index (χ0n) is 15.7. The van der Waals surface area contributed by atoms with Gasteiger partial charge in [-0.1, -0.05) is 23.7 Å². The van der Waals surface area contributed by atoms with E-state index in [4.69, 9.17) is 28.3 Å². The van der Waals surface area contributed by atoms with E-state index in [-0.39, 0.29) is 11.9 Å². The monoisotopic (exact) mass is 397 g/mol. The van der Waals surface area contributed by atoms with Crippen molar-refractivity contribution in [3.05, 3.63) is 46.6 Å². The Labute approximate surface area is 167 Å². The molecule has 0 atom stereocenters. The smallest absolute Gasteiger partial charge is 0.223 e. The van der Waals surface area contributed by atoms with Gasteiger partial charge < -0.3 is 22.1 Å². The molecule has 0 radical (unpaired) electrons. The van der Waals surface area contributed by atoms with Gasteiger partial charge in [0.05, 0.1) is 17.3 Å². The van der Waals surface area contributed by atoms with Gasteiger partial charge in [-0.3, -0.25) is 0 Å². The number of nitrogen functional groups attached to an aromatic ring is 2. The summed E-state index contributed by atoms with van der Waals surface area (Å²) in [5, 5.41) is 15.1. The summed E-state index contributed by atoms with van der Waals surface area (Å²) in [4.78, 5) is 15.7. The second-order valence-corrected chi connectivity index (χ2v) is 5.91. The lowest BCUT2D eigenvalue weighted by molar-refractivity contribution is 1.17. The second-order valence-electron chi connectivity index (χ2n) is 5.52. The van der Waals surface area contributed by atoms with Crippen molar-refractivity contribution >= 4 is 35.1 Å². The van der Waals surface area contributed by atoms with E-state index in [1.165, 1.54) is 0 Å². The van der Waals surface area contributed by atoms with E-state index in [1.807, 2.05) is 19.1 Å². The molecular weight excluding hydrogens is 378 g/mol. The van der Waals surface area contributed by atoms with Crippen LogP contribution in [-0.4, -0.2) is 34.0 Å². The van der Waals surface area contributed by atoms with Crippen molar-refractivity contribution in [1.29, 1.82) is 5.26 Å². The first kappa shape index (κ1) is 20.7. The minimum absolute atomic E-state index is 0.178. The van der Waals surface area contributed by atoms with Gasteiger partial charge in [-0.05, 0) is 18.6 Å². The molecule has 0 aliphatic heterocycles. The predicted octanol–water partition coefficient (Wildman–Crippen LogP) is 2.70. The highest BCUT2D eigenvalue weighted by Gasteiger charge is 2.09. The lowest BCUT2D eigenvalue weighted by Gasteiger charge is -2.08. The molecule has 0 aliphatic rings. The molecule has 0 spiro atoms. The van der Waals surface area contributed by atoms with Crippen LogP contribution in [0, 0.1) is 18.3 Å². The van der Waals surface area contributed by atoms with E-state index >= 15 is 0 Å². The van der Waals surface area contributed by atoms with Crippen molar-refractivity contribution in [3.8, 4) is 17.3 Å².